The Balaban J connectivity index is 1.63. The number of amides is 2. The molecule has 3 heterocycles. The van der Waals surface area contributed by atoms with Crippen molar-refractivity contribution in [2.75, 3.05) is 0 Å². The molecule has 4 atom stereocenters. The standard InChI is InChI=1S/C21H20N4O7S/c26-15(27)8-12(21(31)32)24-19(29)16-17(28)10-4-3-7-22-18(10)25(20(16)30)9-14-23-11-5-1-2-6-13(11)33-14/h1-7,12,16-18,22,28H,8-9H2,(H,24,29)(H,26,27)(H,31,32)/t12-,16?,17?,18?/m0/s1. The molecule has 172 valence electrons. The zero-order valence-corrected chi connectivity index (χ0v) is 17.9. The van der Waals surface area contributed by atoms with E-state index in [-0.39, 0.29) is 6.54 Å². The Labute approximate surface area is 191 Å². The molecule has 0 bridgehead atoms. The van der Waals surface area contributed by atoms with Crippen molar-refractivity contribution >= 4 is 45.3 Å². The van der Waals surface area contributed by atoms with Gasteiger partial charge in [0.15, 0.2) is 0 Å². The van der Waals surface area contributed by atoms with Gasteiger partial charge in [0.05, 0.1) is 29.3 Å². The number of aliphatic carboxylic acids is 2. The maximum atomic E-state index is 13.4. The molecule has 2 aliphatic rings. The van der Waals surface area contributed by atoms with E-state index >= 15 is 0 Å². The Morgan fingerprint density at radius 3 is 2.70 bits per heavy atom. The smallest absolute Gasteiger partial charge is 0.326 e. The number of rotatable bonds is 7. The molecule has 0 radical (unpaired) electrons. The van der Waals surface area contributed by atoms with E-state index in [9.17, 15) is 29.4 Å². The van der Waals surface area contributed by atoms with Gasteiger partial charge >= 0.3 is 11.9 Å². The normalized spacial score (nSPS) is 22.8. The zero-order chi connectivity index (χ0) is 23.7. The van der Waals surface area contributed by atoms with Crippen LogP contribution in [0.2, 0.25) is 0 Å². The number of likely N-dealkylation sites (tertiary alicyclic amines) is 1. The maximum absolute atomic E-state index is 13.4. The van der Waals surface area contributed by atoms with Gasteiger partial charge in [-0.2, -0.15) is 0 Å². The quantitative estimate of drug-likeness (QED) is 0.349. The minimum absolute atomic E-state index is 0.0506. The minimum Gasteiger partial charge on any atom is -0.481 e. The molecule has 0 aliphatic carbocycles. The fourth-order valence-corrected chi connectivity index (χ4v) is 4.82. The first-order valence-corrected chi connectivity index (χ1v) is 10.8. The molecule has 1 aromatic carbocycles. The number of piperidine rings is 1. The van der Waals surface area contributed by atoms with E-state index in [1.807, 2.05) is 24.3 Å². The number of nitrogens with zero attached hydrogens (tertiary/aromatic N) is 2. The van der Waals surface area contributed by atoms with E-state index in [4.69, 9.17) is 5.11 Å². The third kappa shape index (κ3) is 4.43. The molecule has 4 rings (SSSR count). The molecule has 2 aliphatic heterocycles. The summed E-state index contributed by atoms with van der Waals surface area (Å²) in [5.41, 5.74) is 1.12. The zero-order valence-electron chi connectivity index (χ0n) is 17.0. The Bertz CT molecular complexity index is 1160. The highest BCUT2D eigenvalue weighted by Gasteiger charge is 2.49. The van der Waals surface area contributed by atoms with Gasteiger partial charge in [-0.15, -0.1) is 11.3 Å². The number of carbonyl (C=O) groups excluding carboxylic acids is 2. The SMILES string of the molecule is O=C(O)C[C@H](NC(=O)C1C(=O)N(Cc2nc3ccccc3s2)C2NC=CC=C2C1O)C(=O)O. The molecular formula is C21H20N4O7S. The lowest BCUT2D eigenvalue weighted by Crippen LogP contribution is -2.63. The number of aliphatic hydroxyl groups excluding tert-OH is 1. The number of fused-ring (bicyclic) bond motifs is 2. The van der Waals surface area contributed by atoms with Crippen LogP contribution in [0.25, 0.3) is 10.2 Å². The molecular weight excluding hydrogens is 452 g/mol. The predicted molar refractivity (Wildman–Crippen MR) is 116 cm³/mol. The highest BCUT2D eigenvalue weighted by molar-refractivity contribution is 7.18. The second kappa shape index (κ2) is 9.00. The van der Waals surface area contributed by atoms with Crippen LogP contribution in [0.3, 0.4) is 0 Å². The summed E-state index contributed by atoms with van der Waals surface area (Å²) in [4.78, 5) is 54.4. The van der Waals surface area contributed by atoms with Gasteiger partial charge in [-0.05, 0) is 24.4 Å². The molecule has 0 saturated carbocycles. The average Bonchev–Trinajstić information content (AvgIpc) is 3.18. The summed E-state index contributed by atoms with van der Waals surface area (Å²) < 4.78 is 0.927. The van der Waals surface area contributed by atoms with Crippen molar-refractivity contribution < 1.29 is 34.5 Å². The number of para-hydroxylation sites is 1. The van der Waals surface area contributed by atoms with Gasteiger partial charge in [-0.3, -0.25) is 14.4 Å². The van der Waals surface area contributed by atoms with E-state index in [1.54, 1.807) is 18.4 Å². The highest BCUT2D eigenvalue weighted by Crippen LogP contribution is 2.32. The van der Waals surface area contributed by atoms with Crippen LogP contribution >= 0.6 is 11.3 Å². The van der Waals surface area contributed by atoms with Crippen LogP contribution in [0.4, 0.5) is 0 Å². The van der Waals surface area contributed by atoms with Gasteiger partial charge in [-0.1, -0.05) is 18.2 Å². The number of aromatic nitrogens is 1. The molecule has 2 aromatic rings. The number of allylic oxidation sites excluding steroid dienone is 2. The van der Waals surface area contributed by atoms with Crippen LogP contribution in [0.5, 0.6) is 0 Å². The van der Waals surface area contributed by atoms with Crippen molar-refractivity contribution in [2.45, 2.75) is 31.3 Å². The van der Waals surface area contributed by atoms with Gasteiger partial charge < -0.3 is 30.9 Å². The first kappa shape index (κ1) is 22.4. The van der Waals surface area contributed by atoms with Crippen molar-refractivity contribution in [3.8, 4) is 0 Å². The largest absolute Gasteiger partial charge is 0.481 e. The number of dihydropyridines is 1. The second-order valence-electron chi connectivity index (χ2n) is 7.56. The van der Waals surface area contributed by atoms with Crippen molar-refractivity contribution in [3.05, 3.63) is 53.2 Å². The van der Waals surface area contributed by atoms with Gasteiger partial charge in [0.2, 0.25) is 11.8 Å². The highest BCUT2D eigenvalue weighted by atomic mass is 32.1. The molecule has 1 fully saturated rings. The number of hydrogen-bond acceptors (Lipinski definition) is 8. The predicted octanol–water partition coefficient (Wildman–Crippen LogP) is 0.0291. The summed E-state index contributed by atoms with van der Waals surface area (Å²) in [6, 6.07) is 5.71. The lowest BCUT2D eigenvalue weighted by atomic mass is 9.85. The van der Waals surface area contributed by atoms with E-state index in [1.165, 1.54) is 16.2 Å². The molecule has 2 amide bonds. The van der Waals surface area contributed by atoms with E-state index in [0.29, 0.717) is 10.6 Å². The first-order chi connectivity index (χ1) is 15.8. The lowest BCUT2D eigenvalue weighted by Gasteiger charge is -2.43. The van der Waals surface area contributed by atoms with Gasteiger partial charge in [-0.25, -0.2) is 9.78 Å². The molecule has 0 spiro atoms. The summed E-state index contributed by atoms with van der Waals surface area (Å²) in [6.07, 6.45) is 1.68. The molecule has 3 unspecified atom stereocenters. The first-order valence-electron chi connectivity index (χ1n) is 9.97. The van der Waals surface area contributed by atoms with Gasteiger partial charge in [0, 0.05) is 5.57 Å². The van der Waals surface area contributed by atoms with Crippen molar-refractivity contribution in [1.29, 1.82) is 0 Å². The summed E-state index contributed by atoms with van der Waals surface area (Å²) in [7, 11) is 0. The molecule has 5 N–H and O–H groups in total. The van der Waals surface area contributed by atoms with Crippen molar-refractivity contribution in [3.63, 3.8) is 0 Å². The van der Waals surface area contributed by atoms with Crippen LogP contribution in [0, 0.1) is 5.92 Å². The minimum atomic E-state index is -1.75. The van der Waals surface area contributed by atoms with E-state index < -0.39 is 54.4 Å². The van der Waals surface area contributed by atoms with Crippen LogP contribution in [0.15, 0.2) is 48.2 Å². The molecule has 11 nitrogen and oxygen atoms in total. The summed E-state index contributed by atoms with van der Waals surface area (Å²) in [5, 5.41) is 34.6. The number of benzene rings is 1. The number of thiazole rings is 1. The molecule has 33 heavy (non-hydrogen) atoms. The van der Waals surface area contributed by atoms with E-state index in [0.717, 1.165) is 10.2 Å². The van der Waals surface area contributed by atoms with Crippen LogP contribution in [-0.4, -0.2) is 67.3 Å². The Hall–Kier alpha value is -3.77. The Morgan fingerprint density at radius 2 is 2.00 bits per heavy atom. The molecule has 1 saturated heterocycles. The third-order valence-corrected chi connectivity index (χ3v) is 6.41. The summed E-state index contributed by atoms with van der Waals surface area (Å²) >= 11 is 1.39. The fraction of sp³-hybridized carbons (Fsp3) is 0.286. The number of carbonyl (C=O) groups is 4. The molecule has 12 heteroatoms. The monoisotopic (exact) mass is 472 g/mol. The average molecular weight is 472 g/mol. The van der Waals surface area contributed by atoms with E-state index in [2.05, 4.69) is 15.6 Å². The Kier molecular flexibility index (Phi) is 6.11. The van der Waals surface area contributed by atoms with Crippen LogP contribution in [-0.2, 0) is 25.7 Å². The number of nitrogens with one attached hydrogen (secondary N) is 2. The Morgan fingerprint density at radius 1 is 1.24 bits per heavy atom. The van der Waals surface area contributed by atoms with Crippen molar-refractivity contribution in [2.24, 2.45) is 5.92 Å². The number of aliphatic hydroxyl groups is 1. The topological polar surface area (TPSA) is 169 Å². The number of carboxylic acid groups (broad SMARTS) is 2. The van der Waals surface area contributed by atoms with Crippen molar-refractivity contribution in [1.82, 2.24) is 20.5 Å². The summed E-state index contributed by atoms with van der Waals surface area (Å²) in [6.45, 7) is 0.0506. The fourth-order valence-electron chi connectivity index (χ4n) is 3.85. The van der Waals surface area contributed by atoms with Gasteiger partial charge in [0.25, 0.3) is 0 Å². The second-order valence-corrected chi connectivity index (χ2v) is 8.67. The summed E-state index contributed by atoms with van der Waals surface area (Å²) in [5.74, 6) is -6.44. The van der Waals surface area contributed by atoms with Crippen LogP contribution < -0.4 is 10.6 Å². The number of hydrogen-bond donors (Lipinski definition) is 5. The van der Waals surface area contributed by atoms with Crippen LogP contribution in [0.1, 0.15) is 11.4 Å². The third-order valence-electron chi connectivity index (χ3n) is 5.39. The number of carboxylic acids is 2. The lowest BCUT2D eigenvalue weighted by molar-refractivity contribution is -0.155. The maximum Gasteiger partial charge on any atom is 0.326 e. The molecule has 1 aromatic heterocycles. The van der Waals surface area contributed by atoms with Gasteiger partial charge in [0.1, 0.15) is 23.1 Å².